The van der Waals surface area contributed by atoms with Crippen molar-refractivity contribution in [2.45, 2.75) is 51.0 Å². The summed E-state index contributed by atoms with van der Waals surface area (Å²) < 4.78 is 10.3. The molecule has 0 bridgehead atoms. The molecule has 50 heavy (non-hydrogen) atoms. The lowest BCUT2D eigenvalue weighted by atomic mass is 10.1. The molecule has 4 aromatic carbocycles. The minimum absolute atomic E-state index is 0.0381. The zero-order chi connectivity index (χ0) is 36.5. The lowest BCUT2D eigenvalue weighted by molar-refractivity contribution is -0.106. The van der Waals surface area contributed by atoms with E-state index in [1.54, 1.807) is 38.5 Å². The van der Waals surface area contributed by atoms with Gasteiger partial charge < -0.3 is 51.2 Å². The van der Waals surface area contributed by atoms with E-state index in [1.165, 1.54) is 23.3 Å². The van der Waals surface area contributed by atoms with Crippen molar-refractivity contribution >= 4 is 24.2 Å². The highest BCUT2D eigenvalue weighted by atomic mass is 16.5. The molecule has 268 valence electrons. The Morgan fingerprint density at radius 3 is 1.28 bits per heavy atom. The monoisotopic (exact) mass is 688 g/mol. The van der Waals surface area contributed by atoms with Gasteiger partial charge in [0, 0.05) is 25.2 Å². The van der Waals surface area contributed by atoms with Crippen LogP contribution in [-0.2, 0) is 22.4 Å². The van der Waals surface area contributed by atoms with E-state index < -0.39 is 12.2 Å². The van der Waals surface area contributed by atoms with Gasteiger partial charge in [0.25, 0.3) is 0 Å². The van der Waals surface area contributed by atoms with Crippen LogP contribution < -0.4 is 30.7 Å². The van der Waals surface area contributed by atoms with Crippen LogP contribution in [0, 0.1) is 0 Å². The van der Waals surface area contributed by atoms with Crippen LogP contribution >= 0.6 is 0 Å². The number of methoxy groups -OCH3 is 2. The molecule has 0 aliphatic carbocycles. The summed E-state index contributed by atoms with van der Waals surface area (Å²) in [6.45, 7) is 4.82. The van der Waals surface area contributed by atoms with Gasteiger partial charge in [0.2, 0.25) is 12.8 Å². The van der Waals surface area contributed by atoms with Gasteiger partial charge in [0.1, 0.15) is 23.0 Å². The molecule has 0 aromatic heterocycles. The number of hydrogen-bond acceptors (Lipinski definition) is 10. The summed E-state index contributed by atoms with van der Waals surface area (Å²) in [6, 6.07) is 25.4. The number of ether oxygens (including phenoxy) is 2. The van der Waals surface area contributed by atoms with E-state index in [0.717, 1.165) is 24.3 Å². The minimum atomic E-state index is -0.744. The molecule has 4 aromatic rings. The van der Waals surface area contributed by atoms with Crippen molar-refractivity contribution in [3.63, 3.8) is 0 Å². The number of phenolic OH excluding ortho intramolecular Hbond substituents is 2. The second kappa shape index (κ2) is 20.4. The minimum Gasteiger partial charge on any atom is -0.506 e. The molecule has 4 atom stereocenters. The second-order valence-corrected chi connectivity index (χ2v) is 11.8. The number of nitrogens with one attached hydrogen (secondary N) is 4. The fraction of sp³-hybridized carbons (Fsp3) is 0.316. The van der Waals surface area contributed by atoms with Gasteiger partial charge in [-0.2, -0.15) is 0 Å². The number of amides is 2. The largest absolute Gasteiger partial charge is 0.506 e. The highest BCUT2D eigenvalue weighted by Gasteiger charge is 2.14. The number of carbonyl (C=O) groups excluding carboxylic acids is 2. The van der Waals surface area contributed by atoms with Crippen molar-refractivity contribution in [2.75, 3.05) is 37.9 Å². The Morgan fingerprint density at radius 1 is 0.600 bits per heavy atom. The number of aliphatic hydroxyl groups is 2. The third kappa shape index (κ3) is 12.7. The molecule has 0 saturated heterocycles. The fourth-order valence-corrected chi connectivity index (χ4v) is 5.12. The van der Waals surface area contributed by atoms with Crippen molar-refractivity contribution < 1.29 is 39.5 Å². The summed E-state index contributed by atoms with van der Waals surface area (Å²) in [5.74, 6) is 1.58. The first kappa shape index (κ1) is 39.3. The summed E-state index contributed by atoms with van der Waals surface area (Å²) in [7, 11) is 3.28. The predicted molar refractivity (Wildman–Crippen MR) is 194 cm³/mol. The second-order valence-electron chi connectivity index (χ2n) is 11.8. The SMILES string of the molecule is COc1ccc(C[C@@H](C)NC[C@H](O)c2ccc(O)c(NC=O)c2)cc1.COc1ccc(C[C@H](C)NC[C@@H](O)c2ccc(O)c(NC=O)c2)cc1. The zero-order valence-corrected chi connectivity index (χ0v) is 28.8. The van der Waals surface area contributed by atoms with Crippen LogP contribution in [-0.4, -0.2) is 72.6 Å². The van der Waals surface area contributed by atoms with Gasteiger partial charge in [-0.3, -0.25) is 9.59 Å². The number of benzene rings is 4. The fourth-order valence-electron chi connectivity index (χ4n) is 5.12. The first-order valence-electron chi connectivity index (χ1n) is 16.2. The number of hydrogen-bond donors (Lipinski definition) is 8. The van der Waals surface area contributed by atoms with Crippen molar-refractivity contribution in [1.82, 2.24) is 10.6 Å². The number of aromatic hydroxyl groups is 2. The molecule has 4 rings (SSSR count). The molecule has 12 nitrogen and oxygen atoms in total. The molecule has 8 N–H and O–H groups in total. The summed E-state index contributed by atoms with van der Waals surface area (Å²) >= 11 is 0. The molecule has 0 heterocycles. The Morgan fingerprint density at radius 2 is 0.960 bits per heavy atom. The normalized spacial score (nSPS) is 13.1. The van der Waals surface area contributed by atoms with Crippen LogP contribution in [0.5, 0.6) is 23.0 Å². The van der Waals surface area contributed by atoms with Gasteiger partial charge in [-0.15, -0.1) is 0 Å². The Kier molecular flexibility index (Phi) is 16.0. The molecule has 0 saturated carbocycles. The van der Waals surface area contributed by atoms with Gasteiger partial charge in [0.05, 0.1) is 37.8 Å². The third-order valence-corrected chi connectivity index (χ3v) is 7.96. The smallest absolute Gasteiger partial charge is 0.211 e. The molecule has 0 unspecified atom stereocenters. The highest BCUT2D eigenvalue weighted by molar-refractivity contribution is 5.76. The third-order valence-electron chi connectivity index (χ3n) is 7.96. The van der Waals surface area contributed by atoms with E-state index in [1.807, 2.05) is 62.4 Å². The quantitative estimate of drug-likeness (QED) is 0.0550. The molecular weight excluding hydrogens is 640 g/mol. The summed E-state index contributed by atoms with van der Waals surface area (Å²) in [4.78, 5) is 21.1. The van der Waals surface area contributed by atoms with Crippen molar-refractivity contribution in [3.8, 4) is 23.0 Å². The van der Waals surface area contributed by atoms with Crippen LogP contribution in [0.4, 0.5) is 11.4 Å². The van der Waals surface area contributed by atoms with Gasteiger partial charge >= 0.3 is 0 Å². The maximum Gasteiger partial charge on any atom is 0.211 e. The maximum absolute atomic E-state index is 10.5. The molecule has 0 spiro atoms. The van der Waals surface area contributed by atoms with Gasteiger partial charge in [0.15, 0.2) is 0 Å². The summed E-state index contributed by atoms with van der Waals surface area (Å²) in [6.07, 6.45) is 1.13. The first-order chi connectivity index (χ1) is 24.1. The molecule has 0 radical (unpaired) electrons. The van der Waals surface area contributed by atoms with E-state index in [4.69, 9.17) is 9.47 Å². The Bertz CT molecular complexity index is 1500. The van der Waals surface area contributed by atoms with Gasteiger partial charge in [-0.25, -0.2) is 0 Å². The molecule has 2 amide bonds. The van der Waals surface area contributed by atoms with E-state index in [-0.39, 0.29) is 35.0 Å². The maximum atomic E-state index is 10.5. The molecular formula is C38H48N4O8. The van der Waals surface area contributed by atoms with E-state index in [0.29, 0.717) is 37.0 Å². The molecule has 12 heteroatoms. The zero-order valence-electron chi connectivity index (χ0n) is 28.8. The number of phenols is 2. The van der Waals surface area contributed by atoms with Crippen molar-refractivity contribution in [1.29, 1.82) is 0 Å². The van der Waals surface area contributed by atoms with Crippen LogP contribution in [0.3, 0.4) is 0 Å². The summed E-state index contributed by atoms with van der Waals surface area (Å²) in [5, 5.41) is 51.3. The number of anilines is 2. The summed E-state index contributed by atoms with van der Waals surface area (Å²) in [5.41, 5.74) is 4.14. The van der Waals surface area contributed by atoms with Crippen LogP contribution in [0.2, 0.25) is 0 Å². The van der Waals surface area contributed by atoms with Crippen LogP contribution in [0.25, 0.3) is 0 Å². The van der Waals surface area contributed by atoms with Crippen molar-refractivity contribution in [3.05, 3.63) is 107 Å². The van der Waals surface area contributed by atoms with E-state index in [9.17, 15) is 30.0 Å². The van der Waals surface area contributed by atoms with E-state index in [2.05, 4.69) is 21.3 Å². The number of rotatable bonds is 18. The van der Waals surface area contributed by atoms with Crippen LogP contribution in [0.15, 0.2) is 84.9 Å². The van der Waals surface area contributed by atoms with Gasteiger partial charge in [-0.05, 0) is 97.5 Å². The lowest BCUT2D eigenvalue weighted by Crippen LogP contribution is -2.32. The van der Waals surface area contributed by atoms with Crippen LogP contribution in [0.1, 0.15) is 48.3 Å². The Hall–Kier alpha value is -5.14. The molecule has 0 aliphatic rings. The van der Waals surface area contributed by atoms with E-state index >= 15 is 0 Å². The average molecular weight is 689 g/mol. The van der Waals surface area contributed by atoms with Crippen molar-refractivity contribution in [2.24, 2.45) is 0 Å². The number of carbonyl (C=O) groups is 2. The average Bonchev–Trinajstić information content (AvgIpc) is 3.12. The number of aliphatic hydroxyl groups excluding tert-OH is 2. The highest BCUT2D eigenvalue weighted by Crippen LogP contribution is 2.28. The van der Waals surface area contributed by atoms with Gasteiger partial charge in [-0.1, -0.05) is 36.4 Å². The molecule has 0 fully saturated rings. The predicted octanol–water partition coefficient (Wildman–Crippen LogP) is 4.45. The first-order valence-corrected chi connectivity index (χ1v) is 16.2. The Labute approximate surface area is 293 Å². The topological polar surface area (TPSA) is 182 Å². The molecule has 0 aliphatic heterocycles. The Balaban J connectivity index is 0.000000270. The lowest BCUT2D eigenvalue weighted by Gasteiger charge is -2.18. The standard InChI is InChI=1S/2C19H24N2O4/c2*1-13(9-14-3-6-16(25-2)7-4-14)20-11-19(24)15-5-8-18(23)17(10-15)21-12-22/h2*3-8,10,12-13,19-20,23-24H,9,11H2,1-2H3,(H,21,22)/t2*13-,19+/m10/s1.